The molecule has 150 valence electrons. The van der Waals surface area contributed by atoms with E-state index in [1.807, 2.05) is 30.3 Å². The lowest BCUT2D eigenvalue weighted by Gasteiger charge is -2.29. The van der Waals surface area contributed by atoms with Crippen LogP contribution < -0.4 is 19.7 Å². The molecule has 6 nitrogen and oxygen atoms in total. The van der Waals surface area contributed by atoms with Crippen LogP contribution in [0.3, 0.4) is 0 Å². The van der Waals surface area contributed by atoms with Gasteiger partial charge in [0.15, 0.2) is 5.11 Å². The van der Waals surface area contributed by atoms with Crippen LogP contribution in [0.25, 0.3) is 16.8 Å². The van der Waals surface area contributed by atoms with Gasteiger partial charge in [0.1, 0.15) is 17.1 Å². The molecule has 0 saturated carbocycles. The number of thiocarbonyl (C=S) groups is 1. The molecule has 1 aliphatic rings. The molecule has 1 fully saturated rings. The maximum Gasteiger partial charge on any atom is 0.270 e. The van der Waals surface area contributed by atoms with Gasteiger partial charge >= 0.3 is 0 Å². The summed E-state index contributed by atoms with van der Waals surface area (Å²) in [5.41, 5.74) is 1.14. The third kappa shape index (κ3) is 3.29. The van der Waals surface area contributed by atoms with Crippen LogP contribution in [-0.4, -0.2) is 31.1 Å². The van der Waals surface area contributed by atoms with Crippen molar-refractivity contribution >= 4 is 51.7 Å². The number of carbonyl (C=O) groups is 2. The van der Waals surface area contributed by atoms with E-state index in [-0.39, 0.29) is 10.7 Å². The van der Waals surface area contributed by atoms with Crippen LogP contribution in [0, 0.1) is 0 Å². The van der Waals surface area contributed by atoms with Crippen LogP contribution in [0.1, 0.15) is 5.56 Å². The molecule has 3 aromatic carbocycles. The number of nitrogens with zero attached hydrogens (tertiary/aromatic N) is 1. The minimum atomic E-state index is -0.556. The first-order valence-corrected chi connectivity index (χ1v) is 9.56. The fourth-order valence-electron chi connectivity index (χ4n) is 3.44. The number of amides is 2. The van der Waals surface area contributed by atoms with E-state index >= 15 is 0 Å². The Balaban J connectivity index is 1.90. The zero-order valence-corrected chi connectivity index (χ0v) is 17.2. The lowest BCUT2D eigenvalue weighted by molar-refractivity contribution is -0.122. The molecule has 7 heteroatoms. The van der Waals surface area contributed by atoms with Crippen molar-refractivity contribution < 1.29 is 19.1 Å². The average molecular weight is 418 g/mol. The van der Waals surface area contributed by atoms with Crippen molar-refractivity contribution in [1.82, 2.24) is 5.32 Å². The standard InChI is InChI=1S/C23H18N2O4S/c1-28-19-13-20(29-2)17(15-10-6-7-11-16(15)19)12-18-21(26)24-23(30)25(22(18)27)14-8-4-3-5-9-14/h3-13H,1-2H3,(H,24,26,30). The van der Waals surface area contributed by atoms with Gasteiger partial charge in [-0.05, 0) is 35.8 Å². The van der Waals surface area contributed by atoms with E-state index in [9.17, 15) is 9.59 Å². The van der Waals surface area contributed by atoms with Crippen molar-refractivity contribution in [1.29, 1.82) is 0 Å². The second kappa shape index (κ2) is 7.96. The van der Waals surface area contributed by atoms with Crippen LogP contribution in [0.2, 0.25) is 0 Å². The number of carbonyl (C=O) groups excluding carboxylic acids is 2. The number of fused-ring (bicyclic) bond motifs is 1. The quantitative estimate of drug-likeness (QED) is 0.398. The van der Waals surface area contributed by atoms with Crippen molar-refractivity contribution in [2.24, 2.45) is 0 Å². The van der Waals surface area contributed by atoms with Gasteiger partial charge in [-0.2, -0.15) is 0 Å². The molecule has 0 bridgehead atoms. The lowest BCUT2D eigenvalue weighted by Crippen LogP contribution is -2.54. The number of anilines is 1. The molecule has 1 heterocycles. The van der Waals surface area contributed by atoms with Crippen molar-refractivity contribution in [3.05, 3.63) is 71.8 Å². The summed E-state index contributed by atoms with van der Waals surface area (Å²) in [4.78, 5) is 27.2. The van der Waals surface area contributed by atoms with Gasteiger partial charge in [-0.25, -0.2) is 0 Å². The molecule has 0 unspecified atom stereocenters. The summed E-state index contributed by atoms with van der Waals surface area (Å²) in [7, 11) is 3.11. The molecular weight excluding hydrogens is 400 g/mol. The topological polar surface area (TPSA) is 67.9 Å². The van der Waals surface area contributed by atoms with Crippen molar-refractivity contribution in [2.45, 2.75) is 0 Å². The molecule has 0 spiro atoms. The number of nitrogens with one attached hydrogen (secondary N) is 1. The van der Waals surface area contributed by atoms with Gasteiger partial charge in [0, 0.05) is 17.0 Å². The normalized spacial score (nSPS) is 15.5. The zero-order chi connectivity index (χ0) is 21.3. The third-order valence-corrected chi connectivity index (χ3v) is 5.14. The Kier molecular flexibility index (Phi) is 5.20. The van der Waals surface area contributed by atoms with Crippen molar-refractivity contribution in [2.75, 3.05) is 19.1 Å². The highest BCUT2D eigenvalue weighted by atomic mass is 32.1. The molecule has 1 saturated heterocycles. The van der Waals surface area contributed by atoms with Gasteiger partial charge < -0.3 is 9.47 Å². The van der Waals surface area contributed by atoms with E-state index in [1.165, 1.54) is 18.1 Å². The van der Waals surface area contributed by atoms with Crippen molar-refractivity contribution in [3.63, 3.8) is 0 Å². The SMILES string of the molecule is COc1cc(OC)c2ccccc2c1C=C1C(=O)NC(=S)N(c2ccccc2)C1=O. The number of hydrogen-bond donors (Lipinski definition) is 1. The number of rotatable bonds is 4. The summed E-state index contributed by atoms with van der Waals surface area (Å²) >= 11 is 5.24. The summed E-state index contributed by atoms with van der Waals surface area (Å²) < 4.78 is 11.0. The van der Waals surface area contributed by atoms with Crippen LogP contribution in [0.5, 0.6) is 11.5 Å². The number of methoxy groups -OCH3 is 2. The fourth-order valence-corrected chi connectivity index (χ4v) is 3.72. The van der Waals surface area contributed by atoms with Crippen LogP contribution >= 0.6 is 12.2 Å². The Morgan fingerprint density at radius 1 is 0.900 bits per heavy atom. The largest absolute Gasteiger partial charge is 0.496 e. The Labute approximate surface area is 178 Å². The Bertz CT molecular complexity index is 1200. The Morgan fingerprint density at radius 2 is 1.53 bits per heavy atom. The number of hydrogen-bond acceptors (Lipinski definition) is 5. The van der Waals surface area contributed by atoms with Crippen LogP contribution in [-0.2, 0) is 9.59 Å². The highest BCUT2D eigenvalue weighted by molar-refractivity contribution is 7.80. The van der Waals surface area contributed by atoms with Gasteiger partial charge in [-0.1, -0.05) is 42.5 Å². The predicted molar refractivity (Wildman–Crippen MR) is 120 cm³/mol. The minimum Gasteiger partial charge on any atom is -0.496 e. The van der Waals surface area contributed by atoms with E-state index in [0.29, 0.717) is 22.7 Å². The third-order valence-electron chi connectivity index (χ3n) is 4.85. The summed E-state index contributed by atoms with van der Waals surface area (Å²) in [6, 6.07) is 18.2. The molecule has 30 heavy (non-hydrogen) atoms. The van der Waals surface area contributed by atoms with E-state index < -0.39 is 11.8 Å². The highest BCUT2D eigenvalue weighted by Crippen LogP contribution is 2.37. The highest BCUT2D eigenvalue weighted by Gasteiger charge is 2.34. The average Bonchev–Trinajstić information content (AvgIpc) is 2.76. The number of ether oxygens (including phenoxy) is 2. The Morgan fingerprint density at radius 3 is 2.20 bits per heavy atom. The molecule has 3 aromatic rings. The molecule has 0 aliphatic carbocycles. The van der Waals surface area contributed by atoms with E-state index in [0.717, 1.165) is 10.8 Å². The van der Waals surface area contributed by atoms with E-state index in [2.05, 4.69) is 5.32 Å². The maximum absolute atomic E-state index is 13.3. The van der Waals surface area contributed by atoms with Gasteiger partial charge in [0.2, 0.25) is 0 Å². The maximum atomic E-state index is 13.3. The summed E-state index contributed by atoms with van der Waals surface area (Å²) in [5.74, 6) is 0.0604. The lowest BCUT2D eigenvalue weighted by atomic mass is 9.99. The second-order valence-electron chi connectivity index (χ2n) is 6.53. The van der Waals surface area contributed by atoms with E-state index in [1.54, 1.807) is 37.4 Å². The van der Waals surface area contributed by atoms with Crippen molar-refractivity contribution in [3.8, 4) is 11.5 Å². The van der Waals surface area contributed by atoms with Gasteiger partial charge in [-0.3, -0.25) is 19.8 Å². The first-order valence-electron chi connectivity index (χ1n) is 9.15. The van der Waals surface area contributed by atoms with Gasteiger partial charge in [0.25, 0.3) is 11.8 Å². The molecule has 1 aliphatic heterocycles. The Hall–Kier alpha value is -3.71. The smallest absolute Gasteiger partial charge is 0.270 e. The second-order valence-corrected chi connectivity index (χ2v) is 6.92. The van der Waals surface area contributed by atoms with Crippen LogP contribution in [0.4, 0.5) is 5.69 Å². The molecule has 4 rings (SSSR count). The first kappa shape index (κ1) is 19.6. The van der Waals surface area contributed by atoms with Gasteiger partial charge in [0.05, 0.1) is 19.9 Å². The molecular formula is C23H18N2O4S. The predicted octanol–water partition coefficient (Wildman–Crippen LogP) is 3.69. The number of benzene rings is 3. The first-order chi connectivity index (χ1) is 14.5. The zero-order valence-electron chi connectivity index (χ0n) is 16.3. The summed E-state index contributed by atoms with van der Waals surface area (Å²) in [6.45, 7) is 0. The molecule has 1 N–H and O–H groups in total. The summed E-state index contributed by atoms with van der Waals surface area (Å²) in [6.07, 6.45) is 1.54. The molecule has 2 amide bonds. The monoisotopic (exact) mass is 418 g/mol. The molecule has 0 aromatic heterocycles. The fraction of sp³-hybridized carbons (Fsp3) is 0.0870. The summed E-state index contributed by atoms with van der Waals surface area (Å²) in [5, 5.41) is 4.27. The van der Waals surface area contributed by atoms with Crippen LogP contribution in [0.15, 0.2) is 66.2 Å². The minimum absolute atomic E-state index is 0.0407. The molecule has 0 atom stereocenters. The van der Waals surface area contributed by atoms with Gasteiger partial charge in [-0.15, -0.1) is 0 Å². The molecule has 0 radical (unpaired) electrons. The van der Waals surface area contributed by atoms with E-state index in [4.69, 9.17) is 21.7 Å². The number of para-hydroxylation sites is 1.